The third-order valence-corrected chi connectivity index (χ3v) is 4.75. The zero-order valence-corrected chi connectivity index (χ0v) is 14.0. The summed E-state index contributed by atoms with van der Waals surface area (Å²) >= 11 is 0. The van der Waals surface area contributed by atoms with Gasteiger partial charge in [-0.15, -0.1) is 0 Å². The Morgan fingerprint density at radius 1 is 1.08 bits per heavy atom. The second kappa shape index (κ2) is 9.17. The highest BCUT2D eigenvalue weighted by Crippen LogP contribution is 2.30. The minimum atomic E-state index is -0.950. The highest BCUT2D eigenvalue weighted by atomic mass is 16.5. The fourth-order valence-corrected chi connectivity index (χ4v) is 3.34. The van der Waals surface area contributed by atoms with E-state index in [1.807, 2.05) is 30.3 Å². The van der Waals surface area contributed by atoms with Gasteiger partial charge in [-0.3, -0.25) is 19.6 Å². The van der Waals surface area contributed by atoms with Crippen LogP contribution in [0.25, 0.3) is 0 Å². The van der Waals surface area contributed by atoms with Gasteiger partial charge in [0.15, 0.2) is 0 Å². The van der Waals surface area contributed by atoms with Crippen molar-refractivity contribution in [1.29, 1.82) is 0 Å². The topological polar surface area (TPSA) is 116 Å². The Morgan fingerprint density at radius 3 is 2.32 bits per heavy atom. The van der Waals surface area contributed by atoms with Crippen molar-refractivity contribution in [2.75, 3.05) is 6.54 Å². The first-order chi connectivity index (χ1) is 12.0. The molecule has 0 spiro atoms. The molecule has 7 heteroatoms. The van der Waals surface area contributed by atoms with Crippen LogP contribution in [0.1, 0.15) is 31.2 Å². The van der Waals surface area contributed by atoms with E-state index in [9.17, 15) is 19.5 Å². The average Bonchev–Trinajstić information content (AvgIpc) is 2.64. The predicted molar refractivity (Wildman–Crippen MR) is 89.7 cm³/mol. The number of hydrogen-bond donors (Lipinski definition) is 4. The molecule has 1 saturated carbocycles. The number of carbonyl (C=O) groups is 3. The number of benzene rings is 1. The maximum Gasteiger partial charge on any atom is 0.307 e. The lowest BCUT2D eigenvalue weighted by Crippen LogP contribution is -2.44. The molecule has 25 heavy (non-hydrogen) atoms. The maximum absolute atomic E-state index is 12.4. The second-order valence-corrected chi connectivity index (χ2v) is 6.44. The molecule has 0 saturated heterocycles. The smallest absolute Gasteiger partial charge is 0.307 e. The first kappa shape index (κ1) is 18.9. The molecule has 1 unspecified atom stereocenters. The van der Waals surface area contributed by atoms with Crippen molar-refractivity contribution in [3.8, 4) is 0 Å². The van der Waals surface area contributed by atoms with Gasteiger partial charge in [0.2, 0.25) is 11.8 Å². The fraction of sp³-hybridized carbons (Fsp3) is 0.500. The highest BCUT2D eigenvalue weighted by Gasteiger charge is 2.36. The Bertz CT molecular complexity index is 605. The molecule has 136 valence electrons. The van der Waals surface area contributed by atoms with E-state index in [0.29, 0.717) is 19.3 Å². The van der Waals surface area contributed by atoms with Gasteiger partial charge in [-0.05, 0) is 24.8 Å². The van der Waals surface area contributed by atoms with E-state index in [2.05, 4.69) is 5.32 Å². The van der Waals surface area contributed by atoms with Gasteiger partial charge in [0.1, 0.15) is 0 Å². The Balaban J connectivity index is 1.98. The first-order valence-corrected chi connectivity index (χ1v) is 8.51. The zero-order chi connectivity index (χ0) is 18.2. The van der Waals surface area contributed by atoms with Crippen LogP contribution in [0.4, 0.5) is 0 Å². The number of rotatable bonds is 7. The van der Waals surface area contributed by atoms with Crippen LogP contribution in [0.3, 0.4) is 0 Å². The quantitative estimate of drug-likeness (QED) is 0.439. The van der Waals surface area contributed by atoms with E-state index in [-0.39, 0.29) is 12.5 Å². The van der Waals surface area contributed by atoms with Gasteiger partial charge < -0.3 is 10.4 Å². The van der Waals surface area contributed by atoms with Crippen molar-refractivity contribution in [2.45, 2.75) is 32.1 Å². The van der Waals surface area contributed by atoms with Gasteiger partial charge in [-0.1, -0.05) is 43.2 Å². The van der Waals surface area contributed by atoms with E-state index in [1.54, 1.807) is 5.48 Å². The van der Waals surface area contributed by atoms with Crippen molar-refractivity contribution in [3.05, 3.63) is 35.9 Å². The number of hydrogen-bond acceptors (Lipinski definition) is 4. The normalized spacial score (nSPS) is 21.2. The van der Waals surface area contributed by atoms with Crippen molar-refractivity contribution in [2.24, 2.45) is 17.8 Å². The maximum atomic E-state index is 12.4. The molecule has 2 rings (SSSR count). The third kappa shape index (κ3) is 5.29. The molecular weight excluding hydrogens is 324 g/mol. The van der Waals surface area contributed by atoms with Crippen LogP contribution >= 0.6 is 0 Å². The summed E-state index contributed by atoms with van der Waals surface area (Å²) in [4.78, 5) is 35.6. The van der Waals surface area contributed by atoms with E-state index in [0.717, 1.165) is 18.4 Å². The fourth-order valence-electron chi connectivity index (χ4n) is 3.34. The van der Waals surface area contributed by atoms with E-state index in [1.165, 1.54) is 0 Å². The number of carboxylic acids is 1. The van der Waals surface area contributed by atoms with Crippen LogP contribution in [0.5, 0.6) is 0 Å². The standard InChI is InChI=1S/C18H24N2O5/c21-16(20-25)13(10-12-6-2-1-3-7-12)11-19-17(22)14-8-4-5-9-15(14)18(23)24/h1-3,6-7,13-15,25H,4-5,8-11H2,(H,19,22)(H,20,21)(H,23,24)/t13?,14-,15+/m0/s1. The second-order valence-electron chi connectivity index (χ2n) is 6.44. The summed E-state index contributed by atoms with van der Waals surface area (Å²) < 4.78 is 0. The van der Waals surface area contributed by atoms with Gasteiger partial charge in [-0.25, -0.2) is 5.48 Å². The highest BCUT2D eigenvalue weighted by molar-refractivity contribution is 5.85. The number of aliphatic carboxylic acids is 1. The molecule has 0 radical (unpaired) electrons. The summed E-state index contributed by atoms with van der Waals surface area (Å²) in [6.45, 7) is 0.0446. The summed E-state index contributed by atoms with van der Waals surface area (Å²) in [6, 6.07) is 9.28. The van der Waals surface area contributed by atoms with Gasteiger partial charge >= 0.3 is 5.97 Å². The van der Waals surface area contributed by atoms with Crippen LogP contribution in [0.15, 0.2) is 30.3 Å². The molecule has 4 N–H and O–H groups in total. The average molecular weight is 348 g/mol. The summed E-state index contributed by atoms with van der Waals surface area (Å²) in [6.07, 6.45) is 3.04. The summed E-state index contributed by atoms with van der Waals surface area (Å²) in [7, 11) is 0. The molecule has 2 amide bonds. The van der Waals surface area contributed by atoms with E-state index >= 15 is 0 Å². The Kier molecular flexibility index (Phi) is 6.94. The zero-order valence-electron chi connectivity index (χ0n) is 14.0. The molecule has 1 aliphatic rings. The van der Waals surface area contributed by atoms with Gasteiger partial charge in [0.25, 0.3) is 0 Å². The molecule has 7 nitrogen and oxygen atoms in total. The molecule has 1 aromatic carbocycles. The first-order valence-electron chi connectivity index (χ1n) is 8.51. The van der Waals surface area contributed by atoms with Crippen molar-refractivity contribution in [3.63, 3.8) is 0 Å². The lowest BCUT2D eigenvalue weighted by molar-refractivity contribution is -0.149. The van der Waals surface area contributed by atoms with Gasteiger partial charge in [0, 0.05) is 6.54 Å². The number of nitrogens with one attached hydrogen (secondary N) is 2. The molecule has 0 heterocycles. The monoisotopic (exact) mass is 348 g/mol. The molecule has 0 bridgehead atoms. The summed E-state index contributed by atoms with van der Waals surface area (Å²) in [5.41, 5.74) is 2.54. The van der Waals surface area contributed by atoms with Gasteiger partial charge in [0.05, 0.1) is 17.8 Å². The molecular formula is C18H24N2O5. The molecule has 0 aliphatic heterocycles. The SMILES string of the molecule is O=C(NO)C(CNC(=O)[C@H]1CCCC[C@H]1C(=O)O)Cc1ccccc1. The van der Waals surface area contributed by atoms with Crippen LogP contribution in [0, 0.1) is 17.8 Å². The molecule has 1 fully saturated rings. The Morgan fingerprint density at radius 2 is 1.72 bits per heavy atom. The summed E-state index contributed by atoms with van der Waals surface area (Å²) in [5.74, 6) is -3.75. The van der Waals surface area contributed by atoms with E-state index < -0.39 is 29.6 Å². The predicted octanol–water partition coefficient (Wildman–Crippen LogP) is 1.36. The van der Waals surface area contributed by atoms with Crippen LogP contribution in [-0.2, 0) is 20.8 Å². The molecule has 1 aliphatic carbocycles. The molecule has 3 atom stereocenters. The van der Waals surface area contributed by atoms with Gasteiger partial charge in [-0.2, -0.15) is 0 Å². The number of carbonyl (C=O) groups excluding carboxylic acids is 2. The minimum Gasteiger partial charge on any atom is -0.481 e. The summed E-state index contributed by atoms with van der Waals surface area (Å²) in [5, 5.41) is 20.9. The van der Waals surface area contributed by atoms with E-state index in [4.69, 9.17) is 5.21 Å². The molecule has 1 aromatic rings. The lowest BCUT2D eigenvalue weighted by Gasteiger charge is -2.28. The van der Waals surface area contributed by atoms with Crippen molar-refractivity contribution >= 4 is 17.8 Å². The van der Waals surface area contributed by atoms with Crippen LogP contribution in [0.2, 0.25) is 0 Å². The van der Waals surface area contributed by atoms with Crippen molar-refractivity contribution < 1.29 is 24.7 Å². The molecule has 0 aromatic heterocycles. The largest absolute Gasteiger partial charge is 0.481 e. The minimum absolute atomic E-state index is 0.0446. The van der Waals surface area contributed by atoms with Crippen LogP contribution < -0.4 is 10.8 Å². The lowest BCUT2D eigenvalue weighted by atomic mass is 9.78. The Labute approximate surface area is 146 Å². The Hall–Kier alpha value is -2.41. The van der Waals surface area contributed by atoms with Crippen molar-refractivity contribution in [1.82, 2.24) is 10.8 Å². The third-order valence-electron chi connectivity index (χ3n) is 4.75. The number of amides is 2. The van der Waals surface area contributed by atoms with Crippen LogP contribution in [-0.4, -0.2) is 34.6 Å². The number of hydroxylamine groups is 1. The number of carboxylic acid groups (broad SMARTS) is 1.